The van der Waals surface area contributed by atoms with Crippen molar-refractivity contribution in [1.29, 1.82) is 0 Å². The fraction of sp³-hybridized carbons (Fsp3) is 0.250. The molecule has 0 bridgehead atoms. The second-order valence-electron chi connectivity index (χ2n) is 12.3. The van der Waals surface area contributed by atoms with Gasteiger partial charge in [0.25, 0.3) is 0 Å². The van der Waals surface area contributed by atoms with Crippen molar-refractivity contribution in [2.24, 2.45) is 0 Å². The Bertz CT molecular complexity index is 2200. The Morgan fingerprint density at radius 2 is 0.371 bits per heavy atom. The van der Waals surface area contributed by atoms with Crippen molar-refractivity contribution < 1.29 is 64.9 Å². The van der Waals surface area contributed by atoms with Gasteiger partial charge in [0.2, 0.25) is 0 Å². The van der Waals surface area contributed by atoms with Crippen LogP contribution in [0.15, 0.2) is 146 Å². The first-order valence-corrected chi connectivity index (χ1v) is 25.0. The van der Waals surface area contributed by atoms with E-state index < -0.39 is 50.6 Å². The van der Waals surface area contributed by atoms with Crippen LogP contribution in [0.2, 0.25) is 0 Å². The van der Waals surface area contributed by atoms with Gasteiger partial charge in [-0.15, -0.1) is 0 Å². The van der Waals surface area contributed by atoms with Crippen LogP contribution in [0.5, 0.6) is 0 Å². The van der Waals surface area contributed by atoms with Crippen LogP contribution in [0.3, 0.4) is 0 Å². The minimum absolute atomic E-state index is 0. The monoisotopic (exact) mass is 976 g/mol. The fourth-order valence-corrected chi connectivity index (χ4v) is 6.81. The molecule has 5 rings (SSSR count). The maximum atomic E-state index is 10.5. The predicted molar refractivity (Wildman–Crippen MR) is 230 cm³/mol. The van der Waals surface area contributed by atoms with Crippen LogP contribution in [0.4, 0.5) is 0 Å². The quantitative estimate of drug-likeness (QED) is 0.131. The molecule has 0 radical (unpaired) electrons. The Labute approximate surface area is 393 Å². The first-order valence-electron chi connectivity index (χ1n) is 17.9. The van der Waals surface area contributed by atoms with Crippen molar-refractivity contribution in [2.45, 2.75) is 91.2 Å². The molecule has 0 saturated heterocycles. The van der Waals surface area contributed by atoms with Crippen LogP contribution >= 0.6 is 0 Å². The summed E-state index contributed by atoms with van der Waals surface area (Å²) in [6.07, 6.45) is 4.16. The minimum Gasteiger partial charge on any atom is -0.744 e. The van der Waals surface area contributed by atoms with E-state index in [0.717, 1.165) is 59.9 Å². The van der Waals surface area contributed by atoms with Gasteiger partial charge in [0, 0.05) is 0 Å². The minimum atomic E-state index is -4.28. The smallest absolute Gasteiger partial charge is 0.744 e. The fourth-order valence-electron chi connectivity index (χ4n) is 4.46. The third-order valence-electron chi connectivity index (χ3n) is 8.10. The number of hydrogen-bond acceptors (Lipinski definition) is 15. The zero-order valence-electron chi connectivity index (χ0n) is 34.5. The second-order valence-corrected chi connectivity index (χ2v) is 19.2. The number of rotatable bonds is 10. The molecule has 0 N–H and O–H groups in total. The molecular weight excluding hydrogens is 932 g/mol. The van der Waals surface area contributed by atoms with Gasteiger partial charge in [0.05, 0.1) is 24.5 Å². The molecule has 0 amide bonds. The maximum absolute atomic E-state index is 10.5. The van der Waals surface area contributed by atoms with Gasteiger partial charge >= 0.3 is 40.4 Å². The van der Waals surface area contributed by atoms with Gasteiger partial charge in [-0.25, -0.2) is 42.1 Å². The molecule has 0 aliphatic carbocycles. The number of hydrogen-bond donors (Lipinski definition) is 0. The molecule has 0 saturated carbocycles. The van der Waals surface area contributed by atoms with Crippen molar-refractivity contribution in [3.05, 3.63) is 149 Å². The summed E-state index contributed by atoms with van der Waals surface area (Å²) in [7, 11) is -21.4. The van der Waals surface area contributed by atoms with Gasteiger partial charge in [-0.05, 0) is 121 Å². The average molecular weight is 977 g/mol. The van der Waals surface area contributed by atoms with Crippen LogP contribution in [-0.2, 0) is 82.7 Å². The van der Waals surface area contributed by atoms with Crippen LogP contribution in [0.1, 0.15) is 62.4 Å². The van der Waals surface area contributed by atoms with Gasteiger partial charge in [0.1, 0.15) is 50.6 Å². The Hall–Kier alpha value is -3.05. The molecule has 0 atom stereocenters. The Kier molecular flexibility index (Phi) is 27.6. The molecule has 330 valence electrons. The summed E-state index contributed by atoms with van der Waals surface area (Å²) in [5, 5.41) is 0. The van der Waals surface area contributed by atoms with E-state index in [1.54, 1.807) is 60.7 Å². The summed E-state index contributed by atoms with van der Waals surface area (Å²) in [5.74, 6) is 0. The summed E-state index contributed by atoms with van der Waals surface area (Å²) in [4.78, 5) is -0.835. The Morgan fingerprint density at radius 1 is 0.274 bits per heavy atom. The van der Waals surface area contributed by atoms with E-state index in [2.05, 4.69) is 0 Å². The Balaban J connectivity index is 0. The molecule has 0 aliphatic heterocycles. The molecule has 5 aromatic rings. The second kappa shape index (κ2) is 28.0. The average Bonchev–Trinajstić information content (AvgIpc) is 3.20. The topological polar surface area (TPSA) is 286 Å². The first kappa shape index (κ1) is 61.0. The molecule has 22 heteroatoms. The maximum Gasteiger partial charge on any atom is 3.00 e. The normalized spacial score (nSPS) is 11.1. The largest absolute Gasteiger partial charge is 3.00 e. The predicted octanol–water partition coefficient (Wildman–Crippen LogP) is 5.00. The molecule has 0 unspecified atom stereocenters. The van der Waals surface area contributed by atoms with E-state index in [1.165, 1.54) is 60.7 Å². The van der Waals surface area contributed by atoms with E-state index in [-0.39, 0.29) is 64.9 Å². The molecule has 62 heavy (non-hydrogen) atoms. The van der Waals surface area contributed by atoms with Crippen LogP contribution in [0.25, 0.3) is 0 Å². The molecule has 0 spiro atoms. The summed E-state index contributed by atoms with van der Waals surface area (Å²) in [6.45, 7) is 9.80. The molecular formula is C40H45AlMgO15S5. The Morgan fingerprint density at radius 3 is 0.435 bits per heavy atom. The summed E-state index contributed by atoms with van der Waals surface area (Å²) < 4.78 is 157. The van der Waals surface area contributed by atoms with Crippen molar-refractivity contribution in [1.82, 2.24) is 0 Å². The van der Waals surface area contributed by atoms with Gasteiger partial charge in [-0.1, -0.05) is 95.3 Å². The molecule has 0 aromatic heterocycles. The first-order chi connectivity index (χ1) is 27.7. The van der Waals surface area contributed by atoms with Gasteiger partial charge in [0.15, 0.2) is 0 Å². The third kappa shape index (κ3) is 23.6. The van der Waals surface area contributed by atoms with E-state index in [1.807, 2.05) is 34.6 Å². The van der Waals surface area contributed by atoms with Gasteiger partial charge in [-0.2, -0.15) is 0 Å². The number of benzene rings is 5. The zero-order valence-corrected chi connectivity index (χ0v) is 41.2. The standard InChI is InChI=1S/5C8H10O3S.Al.Mg/c5*1-2-7-3-5-8(6-4-7)12(9,10)11;;/h5*3-6H,2H2,1H3,(H,9,10,11);;/q;;;;;+3;+2/p-5. The van der Waals surface area contributed by atoms with Crippen molar-refractivity contribution in [3.63, 3.8) is 0 Å². The molecule has 0 fully saturated rings. The van der Waals surface area contributed by atoms with E-state index >= 15 is 0 Å². The summed E-state index contributed by atoms with van der Waals surface area (Å²) in [6, 6.07) is 29.8. The van der Waals surface area contributed by atoms with E-state index in [0.29, 0.717) is 0 Å². The SMILES string of the molecule is CCc1ccc(S(=O)(=O)[O-])cc1.CCc1ccc(S(=O)(=O)[O-])cc1.CCc1ccc(S(=O)(=O)[O-])cc1.CCc1ccc(S(=O)(=O)[O-])cc1.CCc1ccc(S(=O)(=O)[O-])cc1.[Al+3].[Mg+2]. The molecule has 0 heterocycles. The van der Waals surface area contributed by atoms with Crippen LogP contribution in [0, 0.1) is 0 Å². The molecule has 5 aromatic carbocycles. The zero-order chi connectivity index (χ0) is 46.0. The molecule has 0 aliphatic rings. The van der Waals surface area contributed by atoms with Crippen molar-refractivity contribution in [3.8, 4) is 0 Å². The number of aryl methyl sites for hydroxylation is 5. The molecule has 15 nitrogen and oxygen atoms in total. The third-order valence-corrected chi connectivity index (χ3v) is 12.3. The van der Waals surface area contributed by atoms with Crippen molar-refractivity contribution in [2.75, 3.05) is 0 Å². The van der Waals surface area contributed by atoms with E-state index in [9.17, 15) is 64.9 Å². The van der Waals surface area contributed by atoms with Gasteiger partial charge in [-0.3, -0.25) is 0 Å². The van der Waals surface area contributed by atoms with Crippen molar-refractivity contribution >= 4 is 91.0 Å². The summed E-state index contributed by atoms with van der Waals surface area (Å²) >= 11 is 0. The van der Waals surface area contributed by atoms with Gasteiger partial charge < -0.3 is 22.8 Å². The summed E-state index contributed by atoms with van der Waals surface area (Å²) in [5.41, 5.74) is 5.08. The van der Waals surface area contributed by atoms with Crippen LogP contribution in [-0.4, -0.2) is 105 Å². The van der Waals surface area contributed by atoms with E-state index in [4.69, 9.17) is 0 Å². The van der Waals surface area contributed by atoms with Crippen LogP contribution < -0.4 is 0 Å².